The zero-order chi connectivity index (χ0) is 29.4. The molecule has 10 nitrogen and oxygen atoms in total. The van der Waals surface area contributed by atoms with Crippen LogP contribution in [0.3, 0.4) is 0 Å². The molecule has 1 fully saturated rings. The topological polar surface area (TPSA) is 126 Å². The third-order valence-electron chi connectivity index (χ3n) is 7.31. The number of hydrogen-bond donors (Lipinski definition) is 3. The summed E-state index contributed by atoms with van der Waals surface area (Å²) in [4.78, 5) is 54.6. The molecule has 0 unspecified atom stereocenters. The van der Waals surface area contributed by atoms with Crippen LogP contribution in [0, 0.1) is 5.92 Å². The quantitative estimate of drug-likeness (QED) is 0.448. The average molecular weight is 585 g/mol. The maximum absolute atomic E-state index is 13.4. The van der Waals surface area contributed by atoms with Gasteiger partial charge in [0, 0.05) is 18.0 Å². The normalized spacial score (nSPS) is 21.9. The number of halogens is 1. The van der Waals surface area contributed by atoms with E-state index in [9.17, 15) is 19.2 Å². The first-order valence-corrected chi connectivity index (χ1v) is 14.4. The van der Waals surface area contributed by atoms with Crippen molar-refractivity contribution in [3.8, 4) is 11.5 Å². The Hall–Kier alpha value is -3.79. The van der Waals surface area contributed by atoms with Crippen molar-refractivity contribution in [1.29, 1.82) is 0 Å². The molecule has 2 aromatic carbocycles. The van der Waals surface area contributed by atoms with Crippen molar-refractivity contribution in [3.05, 3.63) is 59.1 Å². The Kier molecular flexibility index (Phi) is 10.5. The van der Waals surface area contributed by atoms with Gasteiger partial charge in [0.2, 0.25) is 17.7 Å². The fraction of sp³-hybridized carbons (Fsp3) is 0.467. The summed E-state index contributed by atoms with van der Waals surface area (Å²) in [7, 11) is 0. The van der Waals surface area contributed by atoms with Gasteiger partial charge in [-0.15, -0.1) is 0 Å². The first kappa shape index (κ1) is 30.2. The molecule has 0 bridgehead atoms. The van der Waals surface area contributed by atoms with Crippen LogP contribution in [-0.4, -0.2) is 73.0 Å². The summed E-state index contributed by atoms with van der Waals surface area (Å²) in [6.07, 6.45) is 1.35. The number of carbonyl (C=O) groups excluding carboxylic acids is 4. The van der Waals surface area contributed by atoms with E-state index in [1.165, 1.54) is 0 Å². The zero-order valence-electron chi connectivity index (χ0n) is 23.4. The first-order chi connectivity index (χ1) is 19.7. The van der Waals surface area contributed by atoms with E-state index in [1.54, 1.807) is 53.4 Å². The van der Waals surface area contributed by atoms with Crippen LogP contribution in [0.1, 0.15) is 49.9 Å². The number of fused-ring (bicyclic) bond motifs is 2. The summed E-state index contributed by atoms with van der Waals surface area (Å²) < 4.78 is 11.7. The molecule has 4 rings (SSSR count). The Balaban J connectivity index is 1.50. The van der Waals surface area contributed by atoms with E-state index in [-0.39, 0.29) is 61.9 Å². The van der Waals surface area contributed by atoms with Crippen molar-refractivity contribution >= 4 is 35.2 Å². The lowest BCUT2D eigenvalue weighted by Gasteiger charge is -2.28. The molecule has 0 radical (unpaired) electrons. The van der Waals surface area contributed by atoms with Crippen LogP contribution in [0.25, 0.3) is 0 Å². The number of ether oxygens (including phenoxy) is 2. The van der Waals surface area contributed by atoms with Crippen molar-refractivity contribution in [2.45, 2.75) is 57.7 Å². The summed E-state index contributed by atoms with van der Waals surface area (Å²) in [5.74, 6) is -0.378. The number of hydrogen-bond acceptors (Lipinski definition) is 6. The third kappa shape index (κ3) is 8.13. The molecule has 41 heavy (non-hydrogen) atoms. The lowest BCUT2D eigenvalue weighted by atomic mass is 10.0. The van der Waals surface area contributed by atoms with Crippen LogP contribution in [0.2, 0.25) is 5.02 Å². The van der Waals surface area contributed by atoms with Gasteiger partial charge in [0.05, 0.1) is 18.2 Å². The van der Waals surface area contributed by atoms with Gasteiger partial charge in [-0.1, -0.05) is 37.6 Å². The second-order valence-electron chi connectivity index (χ2n) is 10.6. The molecule has 11 heteroatoms. The van der Waals surface area contributed by atoms with Gasteiger partial charge in [0.1, 0.15) is 36.8 Å². The van der Waals surface area contributed by atoms with E-state index in [0.717, 1.165) is 0 Å². The Morgan fingerprint density at radius 3 is 2.61 bits per heavy atom. The minimum atomic E-state index is -0.988. The molecular weight excluding hydrogens is 548 g/mol. The van der Waals surface area contributed by atoms with Gasteiger partial charge >= 0.3 is 0 Å². The number of nitrogens with zero attached hydrogens (tertiary/aromatic N) is 1. The van der Waals surface area contributed by atoms with Gasteiger partial charge in [-0.05, 0) is 61.6 Å². The lowest BCUT2D eigenvalue weighted by Crippen LogP contribution is -2.52. The van der Waals surface area contributed by atoms with Crippen LogP contribution in [-0.2, 0) is 14.4 Å². The predicted molar refractivity (Wildman–Crippen MR) is 154 cm³/mol. The molecule has 2 aliphatic rings. The third-order valence-corrected chi connectivity index (χ3v) is 7.56. The molecule has 0 saturated carbocycles. The van der Waals surface area contributed by atoms with Gasteiger partial charge in [-0.3, -0.25) is 19.2 Å². The van der Waals surface area contributed by atoms with E-state index in [0.29, 0.717) is 35.9 Å². The van der Waals surface area contributed by atoms with Crippen LogP contribution in [0.15, 0.2) is 48.5 Å². The maximum atomic E-state index is 13.4. The van der Waals surface area contributed by atoms with Crippen LogP contribution >= 0.6 is 11.6 Å². The molecule has 2 heterocycles. The Bertz CT molecular complexity index is 1240. The first-order valence-electron chi connectivity index (χ1n) is 14.0. The fourth-order valence-electron chi connectivity index (χ4n) is 4.89. The molecule has 1 saturated heterocycles. The molecule has 4 amide bonds. The van der Waals surface area contributed by atoms with E-state index < -0.39 is 23.9 Å². The maximum Gasteiger partial charge on any atom is 0.255 e. The van der Waals surface area contributed by atoms with Crippen molar-refractivity contribution < 1.29 is 28.7 Å². The summed E-state index contributed by atoms with van der Waals surface area (Å²) in [5, 5.41) is 9.22. The van der Waals surface area contributed by atoms with Crippen molar-refractivity contribution in [2.24, 2.45) is 5.92 Å². The highest BCUT2D eigenvalue weighted by Crippen LogP contribution is 2.23. The SMILES string of the molecule is CC(C)[C@H]1COc2ccccc2C(=O)N[C@H](C(=O)NCCOc2ccc(Cl)cc2)CCC(=O)N2CCC[C@@H]2C(=O)N1. The summed E-state index contributed by atoms with van der Waals surface area (Å²) in [6, 6.07) is 11.7. The van der Waals surface area contributed by atoms with Crippen LogP contribution in [0.5, 0.6) is 11.5 Å². The zero-order valence-corrected chi connectivity index (χ0v) is 24.1. The van der Waals surface area contributed by atoms with Crippen molar-refractivity contribution in [2.75, 3.05) is 26.3 Å². The fourth-order valence-corrected chi connectivity index (χ4v) is 5.02. The molecule has 220 valence electrons. The number of para-hydroxylation sites is 1. The highest BCUT2D eigenvalue weighted by Gasteiger charge is 2.36. The molecular formula is C30H37ClN4O6. The summed E-state index contributed by atoms with van der Waals surface area (Å²) >= 11 is 5.90. The Morgan fingerprint density at radius 2 is 1.85 bits per heavy atom. The van der Waals surface area contributed by atoms with Crippen LogP contribution < -0.4 is 25.4 Å². The van der Waals surface area contributed by atoms with E-state index in [2.05, 4.69) is 16.0 Å². The van der Waals surface area contributed by atoms with Gasteiger partial charge in [0.15, 0.2) is 0 Å². The average Bonchev–Trinajstić information content (AvgIpc) is 3.46. The number of amides is 4. The largest absolute Gasteiger partial charge is 0.492 e. The molecule has 0 spiro atoms. The monoisotopic (exact) mass is 584 g/mol. The lowest BCUT2D eigenvalue weighted by molar-refractivity contribution is -0.139. The molecule has 2 aromatic rings. The molecule has 0 aromatic heterocycles. The van der Waals surface area contributed by atoms with Crippen molar-refractivity contribution in [1.82, 2.24) is 20.9 Å². The second-order valence-corrected chi connectivity index (χ2v) is 11.0. The smallest absolute Gasteiger partial charge is 0.255 e. The van der Waals surface area contributed by atoms with Gasteiger partial charge in [0.25, 0.3) is 5.91 Å². The van der Waals surface area contributed by atoms with E-state index >= 15 is 0 Å². The van der Waals surface area contributed by atoms with Crippen LogP contribution in [0.4, 0.5) is 0 Å². The Labute approximate surface area is 245 Å². The predicted octanol–water partition coefficient (Wildman–Crippen LogP) is 2.94. The number of rotatable bonds is 6. The van der Waals surface area contributed by atoms with Gasteiger partial charge in [-0.25, -0.2) is 0 Å². The number of nitrogens with one attached hydrogen (secondary N) is 3. The molecule has 0 aliphatic carbocycles. The minimum absolute atomic E-state index is 0.00478. The highest BCUT2D eigenvalue weighted by atomic mass is 35.5. The summed E-state index contributed by atoms with van der Waals surface area (Å²) in [6.45, 7) is 4.95. The second kappa shape index (κ2) is 14.2. The summed E-state index contributed by atoms with van der Waals surface area (Å²) in [5.41, 5.74) is 0.257. The van der Waals surface area contributed by atoms with Gasteiger partial charge in [-0.2, -0.15) is 0 Å². The van der Waals surface area contributed by atoms with Gasteiger partial charge < -0.3 is 30.3 Å². The van der Waals surface area contributed by atoms with E-state index in [1.807, 2.05) is 13.8 Å². The molecule has 2 aliphatic heterocycles. The molecule has 3 N–H and O–H groups in total. The van der Waals surface area contributed by atoms with Crippen molar-refractivity contribution in [3.63, 3.8) is 0 Å². The Morgan fingerprint density at radius 1 is 1.10 bits per heavy atom. The van der Waals surface area contributed by atoms with E-state index in [4.69, 9.17) is 21.1 Å². The minimum Gasteiger partial charge on any atom is -0.492 e. The molecule has 3 atom stereocenters. The number of carbonyl (C=O) groups is 4. The number of benzene rings is 2. The highest BCUT2D eigenvalue weighted by molar-refractivity contribution is 6.30. The standard InChI is InChI=1S/C30H37ClN4O6/c1-19(2)24-18-41-26-8-4-3-6-22(26)28(37)33-23(13-14-27(36)35-16-5-7-25(35)30(39)34-24)29(38)32-15-17-40-21-11-9-20(31)10-12-21/h3-4,6,8-12,19,23-25H,5,7,13-18H2,1-2H3,(H,32,38)(H,33,37)(H,34,39)/t23-,24+,25+/m0/s1.